The van der Waals surface area contributed by atoms with Gasteiger partial charge in [-0.05, 0) is 76.0 Å². The first-order valence-electron chi connectivity index (χ1n) is 6.66. The van der Waals surface area contributed by atoms with Crippen molar-refractivity contribution in [3.8, 4) is 5.75 Å². The number of hydrogen-bond donors (Lipinski definition) is 2. The number of piperidine rings is 1. The molecule has 0 radical (unpaired) electrons. The summed E-state index contributed by atoms with van der Waals surface area (Å²) in [5, 5.41) is 13.2. The quantitative estimate of drug-likeness (QED) is 0.824. The summed E-state index contributed by atoms with van der Waals surface area (Å²) >= 11 is 6.72. The topological polar surface area (TPSA) is 35.5 Å². The Morgan fingerprint density at radius 1 is 1.32 bits per heavy atom. The van der Waals surface area contributed by atoms with Gasteiger partial charge in [0, 0.05) is 19.1 Å². The second-order valence-electron chi connectivity index (χ2n) is 5.17. The van der Waals surface area contributed by atoms with E-state index < -0.39 is 0 Å². The average molecular weight is 392 g/mol. The molecule has 0 amide bonds. The molecule has 1 unspecified atom stereocenters. The number of phenols is 1. The van der Waals surface area contributed by atoms with E-state index in [2.05, 4.69) is 49.1 Å². The number of phenolic OH excluding ortho intramolecular Hbond substituents is 1. The Morgan fingerprint density at radius 2 is 2.00 bits per heavy atom. The van der Waals surface area contributed by atoms with Crippen LogP contribution in [0.4, 0.5) is 0 Å². The Kier molecular flexibility index (Phi) is 5.69. The number of benzene rings is 1. The van der Waals surface area contributed by atoms with Crippen LogP contribution in [0.5, 0.6) is 5.75 Å². The van der Waals surface area contributed by atoms with Gasteiger partial charge in [-0.3, -0.25) is 0 Å². The zero-order valence-corrected chi connectivity index (χ0v) is 14.3. The molecule has 0 aliphatic carbocycles. The lowest BCUT2D eigenvalue weighted by Gasteiger charge is -2.32. The van der Waals surface area contributed by atoms with E-state index in [-0.39, 0.29) is 5.75 Å². The number of likely N-dealkylation sites (tertiary alicyclic amines) is 1. The molecule has 1 heterocycles. The zero-order valence-electron chi connectivity index (χ0n) is 11.1. The molecule has 1 aliphatic rings. The van der Waals surface area contributed by atoms with Gasteiger partial charge in [-0.25, -0.2) is 0 Å². The van der Waals surface area contributed by atoms with E-state index in [4.69, 9.17) is 0 Å². The van der Waals surface area contributed by atoms with Crippen molar-refractivity contribution < 1.29 is 5.11 Å². The molecule has 1 aromatic rings. The van der Waals surface area contributed by atoms with Crippen molar-refractivity contribution in [1.29, 1.82) is 0 Å². The van der Waals surface area contributed by atoms with E-state index in [0.717, 1.165) is 27.6 Å². The molecule has 5 heteroatoms. The van der Waals surface area contributed by atoms with E-state index in [9.17, 15) is 5.11 Å². The third-order valence-electron chi connectivity index (χ3n) is 3.71. The van der Waals surface area contributed by atoms with E-state index in [1.807, 2.05) is 12.1 Å². The molecule has 106 valence electrons. The largest absolute Gasteiger partial charge is 0.506 e. The summed E-state index contributed by atoms with van der Waals surface area (Å²) < 4.78 is 1.46. The van der Waals surface area contributed by atoms with Crippen LogP contribution >= 0.6 is 31.9 Å². The summed E-state index contributed by atoms with van der Waals surface area (Å²) in [6.45, 7) is 3.05. The lowest BCUT2D eigenvalue weighted by molar-refractivity contribution is 0.181. The van der Waals surface area contributed by atoms with Crippen molar-refractivity contribution >= 4 is 31.9 Å². The summed E-state index contributed by atoms with van der Waals surface area (Å²) in [6.07, 6.45) is 3.95. The molecule has 1 aromatic carbocycles. The van der Waals surface area contributed by atoms with Crippen molar-refractivity contribution in [3.63, 3.8) is 0 Å². The van der Waals surface area contributed by atoms with Crippen molar-refractivity contribution in [2.75, 3.05) is 20.1 Å². The standard InChI is InChI=1S/C14H20Br2N2O/c1-18-5-3-2-4-11(18)9-17-8-10-6-12(15)14(19)13(16)7-10/h6-7,11,17,19H,2-5,8-9H2,1H3. The lowest BCUT2D eigenvalue weighted by Crippen LogP contribution is -2.42. The molecule has 1 aliphatic heterocycles. The SMILES string of the molecule is CN1CCCCC1CNCc1cc(Br)c(O)c(Br)c1. The maximum Gasteiger partial charge on any atom is 0.143 e. The normalized spacial score (nSPS) is 20.7. The molecule has 2 N–H and O–H groups in total. The molecule has 1 atom stereocenters. The van der Waals surface area contributed by atoms with E-state index >= 15 is 0 Å². The van der Waals surface area contributed by atoms with Crippen LogP contribution < -0.4 is 5.32 Å². The first-order valence-corrected chi connectivity index (χ1v) is 8.24. The average Bonchev–Trinajstić information content (AvgIpc) is 2.38. The predicted molar refractivity (Wildman–Crippen MR) is 85.5 cm³/mol. The number of halogens is 2. The number of rotatable bonds is 4. The fourth-order valence-corrected chi connectivity index (χ4v) is 3.79. The van der Waals surface area contributed by atoms with Gasteiger partial charge in [0.2, 0.25) is 0 Å². The highest BCUT2D eigenvalue weighted by Crippen LogP contribution is 2.33. The van der Waals surface area contributed by atoms with E-state index in [0.29, 0.717) is 6.04 Å². The lowest BCUT2D eigenvalue weighted by atomic mass is 10.0. The number of nitrogens with zero attached hydrogens (tertiary/aromatic N) is 1. The van der Waals surface area contributed by atoms with Crippen molar-refractivity contribution in [2.45, 2.75) is 31.8 Å². The van der Waals surface area contributed by atoms with Crippen molar-refractivity contribution in [3.05, 3.63) is 26.6 Å². The monoisotopic (exact) mass is 390 g/mol. The Morgan fingerprint density at radius 3 is 2.63 bits per heavy atom. The van der Waals surface area contributed by atoms with Gasteiger partial charge in [0.15, 0.2) is 0 Å². The van der Waals surface area contributed by atoms with Crippen molar-refractivity contribution in [1.82, 2.24) is 10.2 Å². The Labute approximate surface area is 131 Å². The van der Waals surface area contributed by atoms with Crippen LogP contribution in [0, 0.1) is 0 Å². The highest BCUT2D eigenvalue weighted by atomic mass is 79.9. The van der Waals surface area contributed by atoms with Crippen LogP contribution in [0.1, 0.15) is 24.8 Å². The molecular formula is C14H20Br2N2O. The fourth-order valence-electron chi connectivity index (χ4n) is 2.51. The van der Waals surface area contributed by atoms with Crippen LogP contribution in [0.25, 0.3) is 0 Å². The van der Waals surface area contributed by atoms with E-state index in [1.54, 1.807) is 0 Å². The van der Waals surface area contributed by atoms with Crippen LogP contribution in [-0.4, -0.2) is 36.2 Å². The smallest absolute Gasteiger partial charge is 0.143 e. The Bertz CT molecular complexity index is 416. The van der Waals surface area contributed by atoms with Gasteiger partial charge in [0.1, 0.15) is 5.75 Å². The molecule has 3 nitrogen and oxygen atoms in total. The van der Waals surface area contributed by atoms with Crippen molar-refractivity contribution in [2.24, 2.45) is 0 Å². The van der Waals surface area contributed by atoms with Gasteiger partial charge in [0.25, 0.3) is 0 Å². The molecular weight excluding hydrogens is 372 g/mol. The summed E-state index contributed by atoms with van der Waals surface area (Å²) in [5.74, 6) is 0.260. The summed E-state index contributed by atoms with van der Waals surface area (Å²) in [4.78, 5) is 2.44. The molecule has 1 fully saturated rings. The molecule has 2 rings (SSSR count). The van der Waals surface area contributed by atoms with Crippen LogP contribution in [-0.2, 0) is 6.54 Å². The molecule has 19 heavy (non-hydrogen) atoms. The third kappa shape index (κ3) is 4.18. The Balaban J connectivity index is 1.85. The number of nitrogens with one attached hydrogen (secondary N) is 1. The minimum Gasteiger partial charge on any atom is -0.506 e. The summed E-state index contributed by atoms with van der Waals surface area (Å²) in [6, 6.07) is 4.56. The molecule has 0 aromatic heterocycles. The summed E-state index contributed by atoms with van der Waals surface area (Å²) in [5.41, 5.74) is 1.16. The second kappa shape index (κ2) is 7.07. The second-order valence-corrected chi connectivity index (χ2v) is 6.88. The zero-order chi connectivity index (χ0) is 13.8. The Hall–Kier alpha value is -0.100. The molecule has 1 saturated heterocycles. The summed E-state index contributed by atoms with van der Waals surface area (Å²) in [7, 11) is 2.21. The fraction of sp³-hybridized carbons (Fsp3) is 0.571. The minimum absolute atomic E-state index is 0.260. The maximum atomic E-state index is 9.67. The molecule has 0 spiro atoms. The number of aromatic hydroxyl groups is 1. The first kappa shape index (κ1) is 15.3. The molecule has 0 saturated carbocycles. The van der Waals surface area contributed by atoms with E-state index in [1.165, 1.54) is 25.8 Å². The van der Waals surface area contributed by atoms with Gasteiger partial charge in [-0.2, -0.15) is 0 Å². The van der Waals surface area contributed by atoms with Crippen LogP contribution in [0.15, 0.2) is 21.1 Å². The number of likely N-dealkylation sites (N-methyl/N-ethyl adjacent to an activating group) is 1. The maximum absolute atomic E-state index is 9.67. The van der Waals surface area contributed by atoms with Gasteiger partial charge >= 0.3 is 0 Å². The van der Waals surface area contributed by atoms with Crippen LogP contribution in [0.3, 0.4) is 0 Å². The first-order chi connectivity index (χ1) is 9.08. The molecule has 0 bridgehead atoms. The highest BCUT2D eigenvalue weighted by molar-refractivity contribution is 9.11. The third-order valence-corrected chi connectivity index (χ3v) is 4.92. The van der Waals surface area contributed by atoms with Crippen LogP contribution in [0.2, 0.25) is 0 Å². The number of hydrogen-bond acceptors (Lipinski definition) is 3. The highest BCUT2D eigenvalue weighted by Gasteiger charge is 2.18. The predicted octanol–water partition coefficient (Wildman–Crippen LogP) is 3.49. The minimum atomic E-state index is 0.260. The van der Waals surface area contributed by atoms with Gasteiger partial charge in [0.05, 0.1) is 8.95 Å². The van der Waals surface area contributed by atoms with Gasteiger partial charge < -0.3 is 15.3 Å². The van der Waals surface area contributed by atoms with Gasteiger partial charge in [-0.15, -0.1) is 0 Å². The van der Waals surface area contributed by atoms with Gasteiger partial charge in [-0.1, -0.05) is 6.42 Å².